The Morgan fingerprint density at radius 1 is 1.24 bits per heavy atom. The zero-order valence-corrected chi connectivity index (χ0v) is 11.6. The monoisotopic (exact) mass is 265 g/mol. The Bertz CT molecular complexity index is 317. The Balaban J connectivity index is 3.57. The first-order valence-electron chi connectivity index (χ1n) is 5.82. The number of carbonyl (C=O) groups is 1. The van der Waals surface area contributed by atoms with Gasteiger partial charge in [0.25, 0.3) is 0 Å². The van der Waals surface area contributed by atoms with E-state index in [1.54, 1.807) is 6.92 Å². The number of amides is 1. The van der Waals surface area contributed by atoms with Gasteiger partial charge in [0.05, 0.1) is 12.3 Å². The summed E-state index contributed by atoms with van der Waals surface area (Å²) in [4.78, 5) is 11.4. The summed E-state index contributed by atoms with van der Waals surface area (Å²) in [5, 5.41) is 5.81. The summed E-state index contributed by atoms with van der Waals surface area (Å²) in [6.07, 6.45) is 2.69. The number of hydrogen-bond acceptors (Lipinski definition) is 4. The van der Waals surface area contributed by atoms with Crippen molar-refractivity contribution in [2.24, 2.45) is 0 Å². The van der Waals surface area contributed by atoms with Gasteiger partial charge in [-0.1, -0.05) is 6.92 Å². The molecule has 17 heavy (non-hydrogen) atoms. The largest absolute Gasteiger partial charge is 0.355 e. The molecule has 0 aromatic rings. The molecule has 6 nitrogen and oxygen atoms in total. The van der Waals surface area contributed by atoms with Gasteiger partial charge in [-0.05, 0) is 26.3 Å². The second-order valence-electron chi connectivity index (χ2n) is 3.99. The molecule has 0 radical (unpaired) electrons. The summed E-state index contributed by atoms with van der Waals surface area (Å²) in [7, 11) is -3.11. The van der Waals surface area contributed by atoms with Crippen LogP contribution in [0.25, 0.3) is 0 Å². The predicted molar refractivity (Wildman–Crippen MR) is 68.2 cm³/mol. The zero-order chi connectivity index (χ0) is 13.3. The molecule has 102 valence electrons. The van der Waals surface area contributed by atoms with E-state index >= 15 is 0 Å². The van der Waals surface area contributed by atoms with Crippen molar-refractivity contribution in [2.75, 3.05) is 25.9 Å². The second-order valence-corrected chi connectivity index (χ2v) is 5.82. The molecule has 0 aromatic heterocycles. The smallest absolute Gasteiger partial charge is 0.236 e. The van der Waals surface area contributed by atoms with E-state index in [-0.39, 0.29) is 11.9 Å². The molecular weight excluding hydrogens is 242 g/mol. The Hall–Kier alpha value is -0.660. The molecule has 7 heteroatoms. The molecule has 0 saturated heterocycles. The lowest BCUT2D eigenvalue weighted by molar-refractivity contribution is -0.122. The van der Waals surface area contributed by atoms with Crippen LogP contribution in [0.5, 0.6) is 0 Å². The standard InChI is InChI=1S/C10H23N3O3S/c1-4-6-12-10(14)9(2)11-7-5-8-13-17(3,15)16/h9,11,13H,4-8H2,1-3H3,(H,12,14). The van der Waals surface area contributed by atoms with Crippen LogP contribution in [0.2, 0.25) is 0 Å². The van der Waals surface area contributed by atoms with Crippen LogP contribution < -0.4 is 15.4 Å². The van der Waals surface area contributed by atoms with Crippen molar-refractivity contribution < 1.29 is 13.2 Å². The highest BCUT2D eigenvalue weighted by atomic mass is 32.2. The maximum Gasteiger partial charge on any atom is 0.236 e. The number of carbonyl (C=O) groups excluding carboxylic acids is 1. The van der Waals surface area contributed by atoms with Crippen LogP contribution in [0.15, 0.2) is 0 Å². The SMILES string of the molecule is CCCNC(=O)C(C)NCCCNS(C)(=O)=O. The third kappa shape index (κ3) is 10.2. The molecule has 1 atom stereocenters. The first kappa shape index (κ1) is 16.3. The summed E-state index contributed by atoms with van der Waals surface area (Å²) < 4.78 is 23.9. The van der Waals surface area contributed by atoms with Gasteiger partial charge in [0.1, 0.15) is 0 Å². The summed E-state index contributed by atoms with van der Waals surface area (Å²) >= 11 is 0. The minimum Gasteiger partial charge on any atom is -0.355 e. The van der Waals surface area contributed by atoms with Crippen LogP contribution in [0.1, 0.15) is 26.7 Å². The second kappa shape index (κ2) is 8.43. The van der Waals surface area contributed by atoms with Crippen molar-refractivity contribution in [2.45, 2.75) is 32.7 Å². The van der Waals surface area contributed by atoms with Crippen LogP contribution >= 0.6 is 0 Å². The van der Waals surface area contributed by atoms with E-state index in [9.17, 15) is 13.2 Å². The zero-order valence-electron chi connectivity index (χ0n) is 10.7. The maximum absolute atomic E-state index is 11.4. The maximum atomic E-state index is 11.4. The minimum atomic E-state index is -3.11. The highest BCUT2D eigenvalue weighted by molar-refractivity contribution is 7.88. The molecule has 0 spiro atoms. The van der Waals surface area contributed by atoms with Gasteiger partial charge in [0.2, 0.25) is 15.9 Å². The van der Waals surface area contributed by atoms with Crippen LogP contribution in [-0.2, 0) is 14.8 Å². The third-order valence-electron chi connectivity index (χ3n) is 2.11. The molecular formula is C10H23N3O3S. The van der Waals surface area contributed by atoms with Crippen molar-refractivity contribution in [3.05, 3.63) is 0 Å². The van der Waals surface area contributed by atoms with Gasteiger partial charge in [-0.3, -0.25) is 4.79 Å². The molecule has 0 saturated carbocycles. The molecule has 0 aromatic carbocycles. The molecule has 1 unspecified atom stereocenters. The molecule has 0 rings (SSSR count). The molecule has 1 amide bonds. The lowest BCUT2D eigenvalue weighted by atomic mass is 10.3. The van der Waals surface area contributed by atoms with Crippen LogP contribution in [0, 0.1) is 0 Å². The van der Waals surface area contributed by atoms with Crippen molar-refractivity contribution in [1.82, 2.24) is 15.4 Å². The Labute approximate surface area is 104 Å². The fourth-order valence-electron chi connectivity index (χ4n) is 1.16. The van der Waals surface area contributed by atoms with Crippen molar-refractivity contribution in [1.29, 1.82) is 0 Å². The molecule has 0 heterocycles. The first-order chi connectivity index (χ1) is 7.87. The van der Waals surface area contributed by atoms with Gasteiger partial charge in [0.15, 0.2) is 0 Å². The fourth-order valence-corrected chi connectivity index (χ4v) is 1.67. The number of sulfonamides is 1. The molecule has 0 aliphatic carbocycles. The van der Waals surface area contributed by atoms with E-state index in [2.05, 4.69) is 15.4 Å². The van der Waals surface area contributed by atoms with Crippen LogP contribution in [0.4, 0.5) is 0 Å². The van der Waals surface area contributed by atoms with Crippen LogP contribution in [0.3, 0.4) is 0 Å². The van der Waals surface area contributed by atoms with E-state index in [4.69, 9.17) is 0 Å². The highest BCUT2D eigenvalue weighted by Crippen LogP contribution is 1.85. The summed E-state index contributed by atoms with van der Waals surface area (Å²) in [6.45, 7) is 5.45. The van der Waals surface area contributed by atoms with E-state index in [0.717, 1.165) is 12.7 Å². The van der Waals surface area contributed by atoms with E-state index in [0.29, 0.717) is 26.1 Å². The van der Waals surface area contributed by atoms with Gasteiger partial charge in [-0.15, -0.1) is 0 Å². The van der Waals surface area contributed by atoms with Crippen LogP contribution in [-0.4, -0.2) is 46.3 Å². The van der Waals surface area contributed by atoms with Crippen molar-refractivity contribution in [3.8, 4) is 0 Å². The van der Waals surface area contributed by atoms with E-state index < -0.39 is 10.0 Å². The van der Waals surface area contributed by atoms with Crippen molar-refractivity contribution in [3.63, 3.8) is 0 Å². The molecule has 0 aliphatic rings. The van der Waals surface area contributed by atoms with Gasteiger partial charge >= 0.3 is 0 Å². The Morgan fingerprint density at radius 2 is 1.88 bits per heavy atom. The van der Waals surface area contributed by atoms with Gasteiger partial charge in [0, 0.05) is 13.1 Å². The number of rotatable bonds is 9. The lowest BCUT2D eigenvalue weighted by Crippen LogP contribution is -2.43. The summed E-state index contributed by atoms with van der Waals surface area (Å²) in [5.74, 6) is -0.0251. The van der Waals surface area contributed by atoms with Gasteiger partial charge in [-0.2, -0.15) is 0 Å². The topological polar surface area (TPSA) is 87.3 Å². The van der Waals surface area contributed by atoms with E-state index in [1.807, 2.05) is 6.92 Å². The molecule has 3 N–H and O–H groups in total. The average molecular weight is 265 g/mol. The number of nitrogens with one attached hydrogen (secondary N) is 3. The van der Waals surface area contributed by atoms with Gasteiger partial charge < -0.3 is 10.6 Å². The lowest BCUT2D eigenvalue weighted by Gasteiger charge is -2.13. The molecule has 0 fully saturated rings. The molecule has 0 aliphatic heterocycles. The van der Waals surface area contributed by atoms with Gasteiger partial charge in [-0.25, -0.2) is 13.1 Å². The average Bonchev–Trinajstić information content (AvgIpc) is 2.23. The number of hydrogen-bond donors (Lipinski definition) is 3. The fraction of sp³-hybridized carbons (Fsp3) is 0.900. The van der Waals surface area contributed by atoms with E-state index in [1.165, 1.54) is 0 Å². The molecule has 0 bridgehead atoms. The highest BCUT2D eigenvalue weighted by Gasteiger charge is 2.10. The summed E-state index contributed by atoms with van der Waals surface area (Å²) in [5.41, 5.74) is 0. The third-order valence-corrected chi connectivity index (χ3v) is 2.84. The quantitative estimate of drug-likeness (QED) is 0.487. The Kier molecular flexibility index (Phi) is 8.11. The van der Waals surface area contributed by atoms with Crippen molar-refractivity contribution >= 4 is 15.9 Å². The normalized spacial score (nSPS) is 13.4. The Morgan fingerprint density at radius 3 is 2.41 bits per heavy atom. The predicted octanol–water partition coefficient (Wildman–Crippen LogP) is -0.570. The minimum absolute atomic E-state index is 0.0251. The summed E-state index contributed by atoms with van der Waals surface area (Å²) in [6, 6.07) is -0.250. The first-order valence-corrected chi connectivity index (χ1v) is 7.71.